The second-order valence-electron chi connectivity index (χ2n) is 6.69. The maximum absolute atomic E-state index is 11.9. The van der Waals surface area contributed by atoms with Crippen LogP contribution in [0.5, 0.6) is 0 Å². The zero-order valence-electron chi connectivity index (χ0n) is 14.2. The Kier molecular flexibility index (Phi) is 7.01. The average molecular weight is 282 g/mol. The van der Waals surface area contributed by atoms with E-state index in [1.54, 1.807) is 0 Å². The van der Waals surface area contributed by atoms with Crippen molar-refractivity contribution in [1.82, 2.24) is 9.80 Å². The Labute approximate surface area is 125 Å². The van der Waals surface area contributed by atoms with Crippen molar-refractivity contribution in [1.29, 1.82) is 0 Å². The predicted octanol–water partition coefficient (Wildman–Crippen LogP) is 3.39. The summed E-state index contributed by atoms with van der Waals surface area (Å²) in [4.78, 5) is 16.6. The van der Waals surface area contributed by atoms with Gasteiger partial charge in [-0.05, 0) is 44.8 Å². The summed E-state index contributed by atoms with van der Waals surface area (Å²) < 4.78 is 0. The van der Waals surface area contributed by atoms with Crippen LogP contribution < -0.4 is 0 Å². The maximum atomic E-state index is 11.9. The molecule has 0 radical (unpaired) electrons. The largest absolute Gasteiger partial charge is 0.341 e. The molecule has 0 aromatic carbocycles. The van der Waals surface area contributed by atoms with E-state index in [1.165, 1.54) is 38.9 Å². The van der Waals surface area contributed by atoms with Gasteiger partial charge in [-0.25, -0.2) is 0 Å². The standard InChI is InChI=1S/C15H28N2O.C2H6/c1-4-7-16-8-5-15(6-9-16)11-17(12-15)14(18)10-13(2)3;1-2/h13H,4-12H2,1-3H3;1-2H3. The van der Waals surface area contributed by atoms with Crippen molar-refractivity contribution in [2.45, 2.75) is 60.3 Å². The lowest BCUT2D eigenvalue weighted by Gasteiger charge is -2.54. The molecule has 2 rings (SSSR count). The molecule has 2 fully saturated rings. The van der Waals surface area contributed by atoms with Crippen LogP contribution in [-0.2, 0) is 4.79 Å². The molecule has 0 saturated carbocycles. The van der Waals surface area contributed by atoms with Gasteiger partial charge in [0.05, 0.1) is 0 Å². The van der Waals surface area contributed by atoms with Gasteiger partial charge in [-0.3, -0.25) is 4.79 Å². The molecule has 3 nitrogen and oxygen atoms in total. The van der Waals surface area contributed by atoms with Crippen LogP contribution >= 0.6 is 0 Å². The molecule has 118 valence electrons. The fourth-order valence-corrected chi connectivity index (χ4v) is 3.30. The maximum Gasteiger partial charge on any atom is 0.222 e. The SMILES string of the molecule is CC.CCCN1CCC2(CC1)CN(C(=O)CC(C)C)C2. The first kappa shape index (κ1) is 17.5. The van der Waals surface area contributed by atoms with Gasteiger partial charge in [0.2, 0.25) is 5.91 Å². The van der Waals surface area contributed by atoms with E-state index in [2.05, 4.69) is 30.6 Å². The van der Waals surface area contributed by atoms with E-state index in [0.29, 0.717) is 17.2 Å². The Morgan fingerprint density at radius 2 is 1.70 bits per heavy atom. The fourth-order valence-electron chi connectivity index (χ4n) is 3.30. The number of piperidine rings is 1. The van der Waals surface area contributed by atoms with Crippen LogP contribution in [0.2, 0.25) is 0 Å². The summed E-state index contributed by atoms with van der Waals surface area (Å²) in [6, 6.07) is 0. The molecular formula is C17H34N2O. The minimum atomic E-state index is 0.367. The summed E-state index contributed by atoms with van der Waals surface area (Å²) in [5.41, 5.74) is 0.483. The Morgan fingerprint density at radius 3 is 2.15 bits per heavy atom. The molecule has 20 heavy (non-hydrogen) atoms. The fraction of sp³-hybridized carbons (Fsp3) is 0.941. The summed E-state index contributed by atoms with van der Waals surface area (Å²) in [5.74, 6) is 0.854. The number of hydrogen-bond acceptors (Lipinski definition) is 2. The Bertz CT molecular complexity index is 285. The molecular weight excluding hydrogens is 248 g/mol. The van der Waals surface area contributed by atoms with Crippen molar-refractivity contribution < 1.29 is 4.79 Å². The molecule has 2 saturated heterocycles. The van der Waals surface area contributed by atoms with Crippen molar-refractivity contribution in [3.63, 3.8) is 0 Å². The topological polar surface area (TPSA) is 23.6 Å². The summed E-state index contributed by atoms with van der Waals surface area (Å²) in [7, 11) is 0. The van der Waals surface area contributed by atoms with E-state index in [0.717, 1.165) is 19.5 Å². The molecule has 0 unspecified atom stereocenters. The molecule has 0 N–H and O–H groups in total. The van der Waals surface area contributed by atoms with Crippen LogP contribution in [0.25, 0.3) is 0 Å². The van der Waals surface area contributed by atoms with Gasteiger partial charge < -0.3 is 9.80 Å². The normalized spacial score (nSPS) is 21.4. The van der Waals surface area contributed by atoms with E-state index in [1.807, 2.05) is 13.8 Å². The third kappa shape index (κ3) is 4.47. The van der Waals surface area contributed by atoms with Crippen LogP contribution in [0.4, 0.5) is 0 Å². The first-order chi connectivity index (χ1) is 9.54. The van der Waals surface area contributed by atoms with Crippen molar-refractivity contribution in [3.8, 4) is 0 Å². The van der Waals surface area contributed by atoms with E-state index in [-0.39, 0.29) is 0 Å². The molecule has 0 atom stereocenters. The second-order valence-corrected chi connectivity index (χ2v) is 6.69. The quantitative estimate of drug-likeness (QED) is 0.789. The zero-order chi connectivity index (χ0) is 15.2. The summed E-state index contributed by atoms with van der Waals surface area (Å²) in [5, 5.41) is 0. The third-order valence-corrected chi connectivity index (χ3v) is 4.44. The van der Waals surface area contributed by atoms with Crippen LogP contribution in [-0.4, -0.2) is 48.4 Å². The Balaban J connectivity index is 0.000000956. The molecule has 0 aliphatic carbocycles. The highest BCUT2D eigenvalue weighted by molar-refractivity contribution is 5.77. The molecule has 3 heteroatoms. The molecule has 0 aromatic heterocycles. The summed E-state index contributed by atoms with van der Waals surface area (Å²) in [6.07, 6.45) is 4.56. The van der Waals surface area contributed by atoms with Gasteiger partial charge in [0.25, 0.3) is 0 Å². The molecule has 2 heterocycles. The third-order valence-electron chi connectivity index (χ3n) is 4.44. The van der Waals surface area contributed by atoms with Crippen molar-refractivity contribution >= 4 is 5.91 Å². The number of rotatable bonds is 4. The average Bonchev–Trinajstić information content (AvgIpc) is 2.39. The lowest BCUT2D eigenvalue weighted by molar-refractivity contribution is -0.147. The highest BCUT2D eigenvalue weighted by Gasteiger charge is 2.46. The van der Waals surface area contributed by atoms with Gasteiger partial charge >= 0.3 is 0 Å². The van der Waals surface area contributed by atoms with E-state index >= 15 is 0 Å². The number of carbonyl (C=O) groups is 1. The summed E-state index contributed by atoms with van der Waals surface area (Å²) >= 11 is 0. The lowest BCUT2D eigenvalue weighted by Crippen LogP contribution is -2.62. The number of likely N-dealkylation sites (tertiary alicyclic amines) is 2. The molecule has 2 aliphatic heterocycles. The molecule has 0 bridgehead atoms. The van der Waals surface area contributed by atoms with Crippen LogP contribution in [0, 0.1) is 11.3 Å². The van der Waals surface area contributed by atoms with E-state index in [9.17, 15) is 4.79 Å². The number of hydrogen-bond donors (Lipinski definition) is 0. The zero-order valence-corrected chi connectivity index (χ0v) is 14.2. The highest BCUT2D eigenvalue weighted by atomic mass is 16.2. The molecule has 0 aromatic rings. The summed E-state index contributed by atoms with van der Waals surface area (Å²) in [6.45, 7) is 16.3. The van der Waals surface area contributed by atoms with Gasteiger partial charge in [-0.15, -0.1) is 0 Å². The lowest BCUT2D eigenvalue weighted by atomic mass is 9.71. The number of nitrogens with zero attached hydrogens (tertiary/aromatic N) is 2. The number of carbonyl (C=O) groups excluding carboxylic acids is 1. The Morgan fingerprint density at radius 1 is 1.15 bits per heavy atom. The van der Waals surface area contributed by atoms with Gasteiger partial charge in [0.15, 0.2) is 0 Å². The predicted molar refractivity (Wildman–Crippen MR) is 85.8 cm³/mol. The number of amides is 1. The van der Waals surface area contributed by atoms with E-state index in [4.69, 9.17) is 0 Å². The van der Waals surface area contributed by atoms with E-state index < -0.39 is 0 Å². The minimum absolute atomic E-state index is 0.367. The first-order valence-corrected chi connectivity index (χ1v) is 8.55. The van der Waals surface area contributed by atoms with Gasteiger partial charge in [0.1, 0.15) is 0 Å². The van der Waals surface area contributed by atoms with Crippen LogP contribution in [0.1, 0.15) is 60.3 Å². The van der Waals surface area contributed by atoms with Crippen molar-refractivity contribution in [2.75, 3.05) is 32.7 Å². The second kappa shape index (κ2) is 8.02. The minimum Gasteiger partial charge on any atom is -0.341 e. The molecule has 1 spiro atoms. The van der Waals surface area contributed by atoms with Crippen molar-refractivity contribution in [3.05, 3.63) is 0 Å². The molecule has 1 amide bonds. The first-order valence-electron chi connectivity index (χ1n) is 8.55. The van der Waals surface area contributed by atoms with Gasteiger partial charge in [0, 0.05) is 24.9 Å². The smallest absolute Gasteiger partial charge is 0.222 e. The van der Waals surface area contributed by atoms with Crippen molar-refractivity contribution in [2.24, 2.45) is 11.3 Å². The van der Waals surface area contributed by atoms with Crippen LogP contribution in [0.15, 0.2) is 0 Å². The monoisotopic (exact) mass is 282 g/mol. The molecule has 2 aliphatic rings. The Hall–Kier alpha value is -0.570. The van der Waals surface area contributed by atoms with Gasteiger partial charge in [-0.2, -0.15) is 0 Å². The van der Waals surface area contributed by atoms with Crippen LogP contribution in [0.3, 0.4) is 0 Å². The highest BCUT2D eigenvalue weighted by Crippen LogP contribution is 2.40. The van der Waals surface area contributed by atoms with Gasteiger partial charge in [-0.1, -0.05) is 34.6 Å².